The van der Waals surface area contributed by atoms with Gasteiger partial charge in [0, 0.05) is 30.3 Å². The van der Waals surface area contributed by atoms with Crippen molar-refractivity contribution in [1.82, 2.24) is 14.9 Å². The molecule has 1 aromatic carbocycles. The number of nitrogens with zero attached hydrogens (tertiary/aromatic N) is 3. The van der Waals surface area contributed by atoms with Crippen molar-refractivity contribution in [2.45, 2.75) is 31.7 Å². The van der Waals surface area contributed by atoms with Crippen LogP contribution in [-0.2, 0) is 6.42 Å². The third-order valence-electron chi connectivity index (χ3n) is 5.14. The lowest BCUT2D eigenvalue weighted by molar-refractivity contribution is 0.0569. The van der Waals surface area contributed by atoms with Crippen LogP contribution in [0.3, 0.4) is 0 Å². The zero-order valence-corrected chi connectivity index (χ0v) is 16.9. The van der Waals surface area contributed by atoms with Crippen LogP contribution in [0.2, 0.25) is 5.02 Å². The molecule has 1 amide bonds. The van der Waals surface area contributed by atoms with Crippen LogP contribution in [0.15, 0.2) is 53.2 Å². The standard InChI is InChI=1S/C22H22ClN3O3/c1-28-20-10-9-16(13-24-20)22(27)26-11-5-4-8-19(26)21-25-14-17(29-21)12-15-6-2-3-7-18(15)23/h2-3,6-7,9-10,13-14,19H,4-5,8,11-12H2,1H3. The van der Waals surface area contributed by atoms with E-state index in [4.69, 9.17) is 20.8 Å². The number of likely N-dealkylation sites (tertiary alicyclic amines) is 1. The van der Waals surface area contributed by atoms with Crippen molar-refractivity contribution in [1.29, 1.82) is 0 Å². The lowest BCUT2D eigenvalue weighted by Gasteiger charge is -2.33. The highest BCUT2D eigenvalue weighted by Gasteiger charge is 2.32. The van der Waals surface area contributed by atoms with Gasteiger partial charge in [0.2, 0.25) is 11.8 Å². The van der Waals surface area contributed by atoms with Crippen LogP contribution in [0.5, 0.6) is 5.88 Å². The van der Waals surface area contributed by atoms with Gasteiger partial charge in [-0.1, -0.05) is 29.8 Å². The summed E-state index contributed by atoms with van der Waals surface area (Å²) >= 11 is 6.25. The molecular weight excluding hydrogens is 390 g/mol. The molecule has 1 atom stereocenters. The molecule has 7 heteroatoms. The molecule has 0 N–H and O–H groups in total. The van der Waals surface area contributed by atoms with Crippen molar-refractivity contribution in [3.63, 3.8) is 0 Å². The molecule has 0 bridgehead atoms. The van der Waals surface area contributed by atoms with Crippen molar-refractivity contribution in [2.75, 3.05) is 13.7 Å². The molecule has 0 radical (unpaired) electrons. The van der Waals surface area contributed by atoms with Gasteiger partial charge in [-0.2, -0.15) is 0 Å². The van der Waals surface area contributed by atoms with Gasteiger partial charge in [-0.15, -0.1) is 0 Å². The highest BCUT2D eigenvalue weighted by Crippen LogP contribution is 2.32. The number of hydrogen-bond acceptors (Lipinski definition) is 5. The third kappa shape index (κ3) is 4.27. The Bertz CT molecular complexity index is 987. The number of rotatable bonds is 5. The number of aromatic nitrogens is 2. The normalized spacial score (nSPS) is 16.6. The SMILES string of the molecule is COc1ccc(C(=O)N2CCCCC2c2ncc(Cc3ccccc3Cl)o2)cn1. The van der Waals surface area contributed by atoms with Crippen molar-refractivity contribution in [3.8, 4) is 5.88 Å². The molecule has 4 rings (SSSR count). The van der Waals surface area contributed by atoms with Crippen LogP contribution >= 0.6 is 11.6 Å². The zero-order chi connectivity index (χ0) is 20.2. The van der Waals surface area contributed by atoms with E-state index in [2.05, 4.69) is 9.97 Å². The monoisotopic (exact) mass is 411 g/mol. The smallest absolute Gasteiger partial charge is 0.256 e. The van der Waals surface area contributed by atoms with Gasteiger partial charge in [0.25, 0.3) is 5.91 Å². The second-order valence-corrected chi connectivity index (χ2v) is 7.44. The maximum absolute atomic E-state index is 13.1. The summed E-state index contributed by atoms with van der Waals surface area (Å²) in [5, 5.41) is 0.701. The number of halogens is 1. The largest absolute Gasteiger partial charge is 0.481 e. The number of benzene rings is 1. The van der Waals surface area contributed by atoms with E-state index < -0.39 is 0 Å². The van der Waals surface area contributed by atoms with E-state index in [0.717, 1.165) is 30.6 Å². The van der Waals surface area contributed by atoms with Gasteiger partial charge in [-0.05, 0) is 37.0 Å². The number of ether oxygens (including phenoxy) is 1. The summed E-state index contributed by atoms with van der Waals surface area (Å²) < 4.78 is 11.1. The van der Waals surface area contributed by atoms with E-state index in [0.29, 0.717) is 35.3 Å². The molecule has 3 aromatic rings. The number of pyridine rings is 1. The fourth-order valence-electron chi connectivity index (χ4n) is 3.61. The van der Waals surface area contributed by atoms with Crippen LogP contribution in [0.25, 0.3) is 0 Å². The average Bonchev–Trinajstić information content (AvgIpc) is 3.23. The molecule has 1 aliphatic heterocycles. The molecule has 29 heavy (non-hydrogen) atoms. The second kappa shape index (κ2) is 8.66. The fourth-order valence-corrected chi connectivity index (χ4v) is 3.82. The Labute approximate surface area is 174 Å². The molecule has 2 aromatic heterocycles. The van der Waals surface area contributed by atoms with Crippen LogP contribution in [0, 0.1) is 0 Å². The number of oxazole rings is 1. The van der Waals surface area contributed by atoms with Crippen LogP contribution < -0.4 is 4.74 Å². The summed E-state index contributed by atoms with van der Waals surface area (Å²) in [5.41, 5.74) is 1.51. The predicted octanol–water partition coefficient (Wildman–Crippen LogP) is 4.69. The van der Waals surface area contributed by atoms with Crippen molar-refractivity contribution in [3.05, 3.63) is 76.6 Å². The molecule has 0 aliphatic carbocycles. The van der Waals surface area contributed by atoms with Crippen molar-refractivity contribution >= 4 is 17.5 Å². The van der Waals surface area contributed by atoms with E-state index in [1.807, 2.05) is 29.2 Å². The van der Waals surface area contributed by atoms with E-state index >= 15 is 0 Å². The number of carbonyl (C=O) groups is 1. The van der Waals surface area contributed by atoms with E-state index in [9.17, 15) is 4.79 Å². The molecule has 150 valence electrons. The summed E-state index contributed by atoms with van der Waals surface area (Å²) in [4.78, 5) is 23.5. The molecule has 3 heterocycles. The van der Waals surface area contributed by atoms with Crippen LogP contribution in [0.4, 0.5) is 0 Å². The minimum absolute atomic E-state index is 0.0734. The Kier molecular flexibility index (Phi) is 5.81. The number of carbonyl (C=O) groups excluding carboxylic acids is 1. The van der Waals surface area contributed by atoms with Crippen LogP contribution in [-0.4, -0.2) is 34.4 Å². The summed E-state index contributed by atoms with van der Waals surface area (Å²) in [6.07, 6.45) is 6.64. The van der Waals surface area contributed by atoms with E-state index in [1.165, 1.54) is 0 Å². The van der Waals surface area contributed by atoms with Crippen LogP contribution in [0.1, 0.15) is 52.9 Å². The molecular formula is C22H22ClN3O3. The number of methoxy groups -OCH3 is 1. The summed E-state index contributed by atoms with van der Waals surface area (Å²) in [6, 6.07) is 10.9. The van der Waals surface area contributed by atoms with Gasteiger partial charge in [0.15, 0.2) is 0 Å². The summed E-state index contributed by atoms with van der Waals surface area (Å²) in [6.45, 7) is 0.664. The first-order valence-corrected chi connectivity index (χ1v) is 10.0. The van der Waals surface area contributed by atoms with Crippen molar-refractivity contribution < 1.29 is 13.9 Å². The molecule has 1 aliphatic rings. The lowest BCUT2D eigenvalue weighted by atomic mass is 10.0. The number of hydrogen-bond donors (Lipinski definition) is 0. The molecule has 1 saturated heterocycles. The fraction of sp³-hybridized carbons (Fsp3) is 0.318. The van der Waals surface area contributed by atoms with Gasteiger partial charge in [0.05, 0.1) is 18.9 Å². The second-order valence-electron chi connectivity index (χ2n) is 7.03. The van der Waals surface area contributed by atoms with Gasteiger partial charge >= 0.3 is 0 Å². The Morgan fingerprint density at radius 3 is 2.83 bits per heavy atom. The lowest BCUT2D eigenvalue weighted by Crippen LogP contribution is -2.38. The van der Waals surface area contributed by atoms with E-state index in [1.54, 1.807) is 31.6 Å². The van der Waals surface area contributed by atoms with Gasteiger partial charge in [0.1, 0.15) is 11.8 Å². The Morgan fingerprint density at radius 2 is 2.07 bits per heavy atom. The quantitative estimate of drug-likeness (QED) is 0.609. The molecule has 1 unspecified atom stereocenters. The topological polar surface area (TPSA) is 68.5 Å². The Hall–Kier alpha value is -2.86. The third-order valence-corrected chi connectivity index (χ3v) is 5.50. The average molecular weight is 412 g/mol. The molecule has 0 saturated carbocycles. The Morgan fingerprint density at radius 1 is 1.21 bits per heavy atom. The molecule has 6 nitrogen and oxygen atoms in total. The van der Waals surface area contributed by atoms with Gasteiger partial charge < -0.3 is 14.1 Å². The molecule has 1 fully saturated rings. The highest BCUT2D eigenvalue weighted by molar-refractivity contribution is 6.31. The minimum atomic E-state index is -0.182. The Balaban J connectivity index is 1.53. The summed E-state index contributed by atoms with van der Waals surface area (Å²) in [7, 11) is 1.55. The van der Waals surface area contributed by atoms with Gasteiger partial charge in [-0.3, -0.25) is 4.79 Å². The van der Waals surface area contributed by atoms with Crippen molar-refractivity contribution in [2.24, 2.45) is 0 Å². The first kappa shape index (κ1) is 19.5. The maximum atomic E-state index is 13.1. The zero-order valence-electron chi connectivity index (χ0n) is 16.2. The maximum Gasteiger partial charge on any atom is 0.256 e. The first-order valence-electron chi connectivity index (χ1n) is 9.64. The number of piperidine rings is 1. The predicted molar refractivity (Wildman–Crippen MR) is 109 cm³/mol. The minimum Gasteiger partial charge on any atom is -0.481 e. The highest BCUT2D eigenvalue weighted by atomic mass is 35.5. The van der Waals surface area contributed by atoms with E-state index in [-0.39, 0.29) is 11.9 Å². The summed E-state index contributed by atoms with van der Waals surface area (Å²) in [5.74, 6) is 1.71. The first-order chi connectivity index (χ1) is 14.2. The number of amides is 1. The molecule has 0 spiro atoms. The van der Waals surface area contributed by atoms with Gasteiger partial charge in [-0.25, -0.2) is 9.97 Å².